The van der Waals surface area contributed by atoms with Gasteiger partial charge in [0.25, 0.3) is 0 Å². The Morgan fingerprint density at radius 1 is 0.742 bits per heavy atom. The fourth-order valence-corrected chi connectivity index (χ4v) is 1.96. The van der Waals surface area contributed by atoms with Crippen molar-refractivity contribution in [1.82, 2.24) is 5.32 Å². The van der Waals surface area contributed by atoms with Crippen molar-refractivity contribution in [3.8, 4) is 0 Å². The van der Waals surface area contributed by atoms with Crippen molar-refractivity contribution in [1.29, 1.82) is 0 Å². The van der Waals surface area contributed by atoms with E-state index >= 15 is 0 Å². The lowest BCUT2D eigenvalue weighted by Crippen LogP contribution is -2.84. The van der Waals surface area contributed by atoms with Crippen LogP contribution in [0.15, 0.2) is 140 Å². The van der Waals surface area contributed by atoms with Crippen molar-refractivity contribution in [2.45, 2.75) is 6.54 Å². The zero-order valence-electron chi connectivity index (χ0n) is 16.8. The summed E-state index contributed by atoms with van der Waals surface area (Å²) in [5.41, 5.74) is 44.8. The largest absolute Gasteiger partial charge is 0.380 e. The lowest BCUT2D eigenvalue weighted by atomic mass is 10.2. The van der Waals surface area contributed by atoms with Gasteiger partial charge in [0.1, 0.15) is 16.8 Å². The maximum absolute atomic E-state index is 3.42. The van der Waals surface area contributed by atoms with Gasteiger partial charge in [-0.25, -0.2) is 0 Å². The molecule has 3 N–H and O–H groups in total. The average Bonchev–Trinajstić information content (AvgIpc) is 2.79. The number of hydrogen-bond donors (Lipinski definition) is 2. The van der Waals surface area contributed by atoms with E-state index in [0.717, 1.165) is 19.6 Å². The number of quaternary nitrogens is 1. The van der Waals surface area contributed by atoms with Gasteiger partial charge in [0, 0.05) is 10.9 Å². The number of rotatable bonds is 6. The van der Waals surface area contributed by atoms with E-state index in [1.807, 2.05) is 18.2 Å². The second-order valence-corrected chi connectivity index (χ2v) is 5.75. The van der Waals surface area contributed by atoms with Crippen LogP contribution < -0.4 is 10.6 Å². The SMILES string of the molecule is C=C=C=C=C=C=C=C=C=C=C=C=C=C=C=C=C=C=C([Si])NCC[NH2+]Cc1ccccc1. The monoisotopic (exact) mass is 408 g/mol. The normalized spacial score (nSPS) is 6.61. The van der Waals surface area contributed by atoms with Crippen LogP contribution in [0.3, 0.4) is 0 Å². The van der Waals surface area contributed by atoms with Gasteiger partial charge in [-0.2, -0.15) is 0 Å². The van der Waals surface area contributed by atoms with Gasteiger partial charge in [-0.3, -0.25) is 0 Å². The average molecular weight is 409 g/mol. The molecule has 0 amide bonds. The Balaban J connectivity index is 2.69. The molecule has 141 valence electrons. The quantitative estimate of drug-likeness (QED) is 0.423. The van der Waals surface area contributed by atoms with E-state index in [1.54, 1.807) is 0 Å². The van der Waals surface area contributed by atoms with Gasteiger partial charge in [0.05, 0.1) is 13.1 Å². The van der Waals surface area contributed by atoms with Crippen LogP contribution >= 0.6 is 0 Å². The summed E-state index contributed by atoms with van der Waals surface area (Å²) in [5, 5.41) is 6.09. The first-order chi connectivity index (χ1) is 15.3. The van der Waals surface area contributed by atoms with E-state index in [9.17, 15) is 0 Å². The topological polar surface area (TPSA) is 28.6 Å². The zero-order chi connectivity index (χ0) is 22.2. The van der Waals surface area contributed by atoms with Crippen LogP contribution in [-0.4, -0.2) is 23.3 Å². The lowest BCUT2D eigenvalue weighted by molar-refractivity contribution is -0.668. The maximum atomic E-state index is 3.42. The summed E-state index contributed by atoms with van der Waals surface area (Å²) < 4.78 is 0. The van der Waals surface area contributed by atoms with E-state index < -0.39 is 0 Å². The minimum absolute atomic E-state index is 0.683. The first-order valence-corrected chi connectivity index (χ1v) is 9.54. The summed E-state index contributed by atoms with van der Waals surface area (Å²) >= 11 is 0. The highest BCUT2D eigenvalue weighted by Crippen LogP contribution is 1.94. The fraction of sp³-hybridized carbons (Fsp3) is 0.107. The molecule has 0 spiro atoms. The van der Waals surface area contributed by atoms with Gasteiger partial charge in [0.15, 0.2) is 0 Å². The molecule has 0 heterocycles. The molecule has 0 bridgehead atoms. The van der Waals surface area contributed by atoms with Crippen LogP contribution in [0.5, 0.6) is 0 Å². The predicted molar refractivity (Wildman–Crippen MR) is 120 cm³/mol. The third-order valence-electron chi connectivity index (χ3n) is 3.02. The molecule has 2 nitrogen and oxygen atoms in total. The van der Waals surface area contributed by atoms with E-state index in [2.05, 4.69) is 137 Å². The predicted octanol–water partition coefficient (Wildman–Crippen LogP) is 2.62. The smallest absolute Gasteiger partial charge is 0.109 e. The molecule has 0 aliphatic heterocycles. The van der Waals surface area contributed by atoms with Gasteiger partial charge in [-0.05, 0) is 98.3 Å². The second-order valence-electron chi connectivity index (χ2n) is 5.25. The summed E-state index contributed by atoms with van der Waals surface area (Å²) in [6.07, 6.45) is 0. The Morgan fingerprint density at radius 2 is 1.23 bits per heavy atom. The molecule has 1 aromatic rings. The Labute approximate surface area is 185 Å². The van der Waals surface area contributed by atoms with E-state index in [0.29, 0.717) is 5.32 Å². The van der Waals surface area contributed by atoms with Crippen molar-refractivity contribution < 1.29 is 5.32 Å². The number of hydrogen-bond acceptors (Lipinski definition) is 1. The molecular weight excluding hydrogens is 392 g/mol. The molecule has 1 aromatic carbocycles. The molecule has 0 saturated heterocycles. The van der Waals surface area contributed by atoms with Crippen LogP contribution in [0, 0.1) is 0 Å². The summed E-state index contributed by atoms with van der Waals surface area (Å²) in [5.74, 6) is 0. The molecular formula is C28H16N2Si+. The molecule has 0 aromatic heterocycles. The minimum atomic E-state index is 0.683. The van der Waals surface area contributed by atoms with Gasteiger partial charge >= 0.3 is 0 Å². The Morgan fingerprint density at radius 3 is 1.74 bits per heavy atom. The van der Waals surface area contributed by atoms with Crippen molar-refractivity contribution in [2.24, 2.45) is 0 Å². The fourth-order valence-electron chi connectivity index (χ4n) is 1.77. The Kier molecular flexibility index (Phi) is 14.5. The molecule has 0 unspecified atom stereocenters. The molecule has 1 rings (SSSR count). The summed E-state index contributed by atoms with van der Waals surface area (Å²) in [6, 6.07) is 10.3. The molecule has 3 radical (unpaired) electrons. The van der Waals surface area contributed by atoms with Crippen LogP contribution in [0.2, 0.25) is 0 Å². The number of nitrogens with one attached hydrogen (secondary N) is 1. The highest BCUT2D eigenvalue weighted by Gasteiger charge is 1.93. The third kappa shape index (κ3) is 15.9. The van der Waals surface area contributed by atoms with Crippen LogP contribution in [0.1, 0.15) is 5.56 Å². The lowest BCUT2D eigenvalue weighted by Gasteiger charge is -2.04. The molecule has 0 aliphatic rings. The molecule has 31 heavy (non-hydrogen) atoms. The third-order valence-corrected chi connectivity index (χ3v) is 3.33. The van der Waals surface area contributed by atoms with Crippen molar-refractivity contribution in [3.05, 3.63) is 145 Å². The van der Waals surface area contributed by atoms with Gasteiger partial charge < -0.3 is 10.6 Å². The minimum Gasteiger partial charge on any atom is -0.380 e. The van der Waals surface area contributed by atoms with Crippen molar-refractivity contribution in [3.63, 3.8) is 0 Å². The molecule has 0 atom stereocenters. The van der Waals surface area contributed by atoms with Crippen LogP contribution in [0.4, 0.5) is 0 Å². The highest BCUT2D eigenvalue weighted by atomic mass is 28.1. The molecule has 0 aliphatic carbocycles. The standard InChI is InChI=1S/C28H15N2Si/c1-2-3-4-5-6-7-8-9-10-11-12-13-14-15-16-20-23-28(31)30-25-24-29-26-27-21-18-17-19-22-27/h17-19,21-22,29-30H,1,24-26H2/p+1. The summed E-state index contributed by atoms with van der Waals surface area (Å²) in [6.45, 7) is 6.01. The first kappa shape index (κ1) is 24.2. The molecule has 3 heteroatoms. The summed E-state index contributed by atoms with van der Waals surface area (Å²) in [4.78, 5) is 0. The highest BCUT2D eigenvalue weighted by molar-refractivity contribution is 6.20. The molecule has 0 saturated carbocycles. The van der Waals surface area contributed by atoms with E-state index in [1.165, 1.54) is 5.56 Å². The second kappa shape index (κ2) is 18.6. The number of nitrogens with two attached hydrogens (primary N) is 1. The van der Waals surface area contributed by atoms with E-state index in [-0.39, 0.29) is 0 Å². The van der Waals surface area contributed by atoms with Crippen LogP contribution in [-0.2, 0) is 6.54 Å². The van der Waals surface area contributed by atoms with Crippen LogP contribution in [0.25, 0.3) is 0 Å². The summed E-state index contributed by atoms with van der Waals surface area (Å²) in [7, 11) is 3.42. The zero-order valence-corrected chi connectivity index (χ0v) is 17.8. The number of benzene rings is 1. The van der Waals surface area contributed by atoms with Gasteiger partial charge in [-0.15, -0.1) is 0 Å². The van der Waals surface area contributed by atoms with Gasteiger partial charge in [0.2, 0.25) is 0 Å². The first-order valence-electron chi connectivity index (χ1n) is 9.04. The van der Waals surface area contributed by atoms with E-state index in [4.69, 9.17) is 0 Å². The maximum Gasteiger partial charge on any atom is 0.109 e. The van der Waals surface area contributed by atoms with Crippen molar-refractivity contribution >= 4 is 10.2 Å². The van der Waals surface area contributed by atoms with Crippen molar-refractivity contribution in [2.75, 3.05) is 13.1 Å². The van der Waals surface area contributed by atoms with Gasteiger partial charge in [-0.1, -0.05) is 36.1 Å². The Hall–Kier alpha value is -4.80. The molecule has 0 fully saturated rings. The Bertz CT molecular complexity index is 1420.